The fourth-order valence-corrected chi connectivity index (χ4v) is 0.980. The highest BCUT2D eigenvalue weighted by atomic mass is 16.5. The number of nitrogens with zero attached hydrogens (tertiary/aromatic N) is 2. The molecule has 0 radical (unpaired) electrons. The van der Waals surface area contributed by atoms with Crippen molar-refractivity contribution >= 4 is 0 Å². The normalized spacial score (nSPS) is 11.5. The van der Waals surface area contributed by atoms with E-state index in [0.717, 1.165) is 11.5 Å². The van der Waals surface area contributed by atoms with Crippen molar-refractivity contribution < 1.29 is 4.74 Å². The Morgan fingerprint density at radius 1 is 1.23 bits per heavy atom. The highest BCUT2D eigenvalue weighted by molar-refractivity contribution is 5.18. The molecule has 72 valence electrons. The summed E-state index contributed by atoms with van der Waals surface area (Å²) in [6, 6.07) is 1.83. The van der Waals surface area contributed by atoms with Crippen molar-refractivity contribution in [1.29, 1.82) is 0 Å². The van der Waals surface area contributed by atoms with Gasteiger partial charge in [-0.15, -0.1) is 0 Å². The number of hydrogen-bond acceptors (Lipinski definition) is 3. The van der Waals surface area contributed by atoms with Crippen LogP contribution in [0.3, 0.4) is 0 Å². The van der Waals surface area contributed by atoms with E-state index in [1.807, 2.05) is 13.0 Å². The van der Waals surface area contributed by atoms with Crippen LogP contribution in [0.25, 0.3) is 0 Å². The molecular formula is C10H16N2O. The van der Waals surface area contributed by atoms with Crippen LogP contribution >= 0.6 is 0 Å². The Hall–Kier alpha value is -1.12. The van der Waals surface area contributed by atoms with Gasteiger partial charge in [0, 0.05) is 17.2 Å². The molecule has 0 saturated carbocycles. The summed E-state index contributed by atoms with van der Waals surface area (Å²) in [5.41, 5.74) is 0.913. The molecule has 0 aliphatic heterocycles. The lowest BCUT2D eigenvalue weighted by atomic mass is 9.95. The van der Waals surface area contributed by atoms with Gasteiger partial charge in [0.1, 0.15) is 5.82 Å². The standard InChI is InChI=1S/C10H16N2O/c1-7-6-8(13-5)12-9(11-7)10(2,3)4/h6H,1-5H3. The summed E-state index contributed by atoms with van der Waals surface area (Å²) in [5.74, 6) is 1.46. The van der Waals surface area contributed by atoms with Gasteiger partial charge in [-0.05, 0) is 6.92 Å². The summed E-state index contributed by atoms with van der Waals surface area (Å²) in [6.07, 6.45) is 0. The predicted molar refractivity (Wildman–Crippen MR) is 52.0 cm³/mol. The second-order valence-corrected chi connectivity index (χ2v) is 4.13. The van der Waals surface area contributed by atoms with E-state index in [2.05, 4.69) is 30.7 Å². The van der Waals surface area contributed by atoms with Crippen LogP contribution < -0.4 is 4.74 Å². The first-order valence-corrected chi connectivity index (χ1v) is 4.33. The monoisotopic (exact) mass is 180 g/mol. The summed E-state index contributed by atoms with van der Waals surface area (Å²) >= 11 is 0. The predicted octanol–water partition coefficient (Wildman–Crippen LogP) is 2.09. The van der Waals surface area contributed by atoms with Gasteiger partial charge in [-0.3, -0.25) is 0 Å². The van der Waals surface area contributed by atoms with Crippen LogP contribution in [0.1, 0.15) is 32.3 Å². The van der Waals surface area contributed by atoms with E-state index < -0.39 is 0 Å². The topological polar surface area (TPSA) is 35.0 Å². The van der Waals surface area contributed by atoms with Crippen molar-refractivity contribution in [3.05, 3.63) is 17.6 Å². The van der Waals surface area contributed by atoms with Gasteiger partial charge in [0.2, 0.25) is 5.88 Å². The van der Waals surface area contributed by atoms with Gasteiger partial charge in [0.15, 0.2) is 0 Å². The van der Waals surface area contributed by atoms with E-state index in [0.29, 0.717) is 5.88 Å². The van der Waals surface area contributed by atoms with Crippen LogP contribution in [0.15, 0.2) is 6.07 Å². The van der Waals surface area contributed by atoms with Crippen LogP contribution in [-0.4, -0.2) is 17.1 Å². The molecule has 0 unspecified atom stereocenters. The van der Waals surface area contributed by atoms with Gasteiger partial charge in [-0.1, -0.05) is 20.8 Å². The molecule has 13 heavy (non-hydrogen) atoms. The lowest BCUT2D eigenvalue weighted by Gasteiger charge is -2.17. The first kappa shape index (κ1) is 9.96. The lowest BCUT2D eigenvalue weighted by molar-refractivity contribution is 0.388. The van der Waals surface area contributed by atoms with Crippen molar-refractivity contribution in [1.82, 2.24) is 9.97 Å². The summed E-state index contributed by atoms with van der Waals surface area (Å²) in [4.78, 5) is 8.65. The maximum absolute atomic E-state index is 5.08. The first-order valence-electron chi connectivity index (χ1n) is 4.33. The minimum atomic E-state index is -0.0285. The van der Waals surface area contributed by atoms with Crippen molar-refractivity contribution in [2.24, 2.45) is 0 Å². The Morgan fingerprint density at radius 2 is 1.85 bits per heavy atom. The number of rotatable bonds is 1. The third-order valence-corrected chi connectivity index (χ3v) is 1.71. The number of aromatic nitrogens is 2. The van der Waals surface area contributed by atoms with Gasteiger partial charge >= 0.3 is 0 Å². The molecule has 3 heteroatoms. The van der Waals surface area contributed by atoms with Gasteiger partial charge in [-0.2, -0.15) is 4.98 Å². The van der Waals surface area contributed by atoms with Gasteiger partial charge < -0.3 is 4.74 Å². The van der Waals surface area contributed by atoms with Crippen molar-refractivity contribution in [3.8, 4) is 5.88 Å². The molecule has 0 bridgehead atoms. The van der Waals surface area contributed by atoms with E-state index in [1.54, 1.807) is 7.11 Å². The molecular weight excluding hydrogens is 164 g/mol. The molecule has 0 N–H and O–H groups in total. The summed E-state index contributed by atoms with van der Waals surface area (Å²) in [7, 11) is 1.62. The van der Waals surface area contributed by atoms with E-state index in [1.165, 1.54) is 0 Å². The van der Waals surface area contributed by atoms with Crippen LogP contribution in [0, 0.1) is 6.92 Å². The second-order valence-electron chi connectivity index (χ2n) is 4.13. The van der Waals surface area contributed by atoms with E-state index in [-0.39, 0.29) is 5.41 Å². The minimum Gasteiger partial charge on any atom is -0.481 e. The molecule has 1 heterocycles. The molecule has 1 rings (SSSR count). The quantitative estimate of drug-likeness (QED) is 0.663. The SMILES string of the molecule is COc1cc(C)nc(C(C)(C)C)n1. The van der Waals surface area contributed by atoms with Crippen molar-refractivity contribution in [3.63, 3.8) is 0 Å². The lowest BCUT2D eigenvalue weighted by Crippen LogP contribution is -2.16. The molecule has 0 amide bonds. The molecule has 0 aliphatic carbocycles. The fraction of sp³-hybridized carbons (Fsp3) is 0.600. The summed E-state index contributed by atoms with van der Waals surface area (Å²) < 4.78 is 5.08. The first-order chi connectivity index (χ1) is 5.93. The highest BCUT2D eigenvalue weighted by Gasteiger charge is 2.18. The zero-order valence-corrected chi connectivity index (χ0v) is 8.88. The minimum absolute atomic E-state index is 0.0285. The van der Waals surface area contributed by atoms with E-state index >= 15 is 0 Å². The molecule has 1 aromatic rings. The Kier molecular flexibility index (Phi) is 2.55. The Morgan fingerprint density at radius 3 is 2.31 bits per heavy atom. The number of hydrogen-bond donors (Lipinski definition) is 0. The number of aryl methyl sites for hydroxylation is 1. The molecule has 0 aliphatic rings. The Labute approximate surface area is 79.2 Å². The van der Waals surface area contributed by atoms with Gasteiger partial charge in [0.25, 0.3) is 0 Å². The second kappa shape index (κ2) is 3.32. The molecule has 1 aromatic heterocycles. The van der Waals surface area contributed by atoms with Crippen LogP contribution in [0.2, 0.25) is 0 Å². The average molecular weight is 180 g/mol. The average Bonchev–Trinajstić information content (AvgIpc) is 2.01. The van der Waals surface area contributed by atoms with Gasteiger partial charge in [0.05, 0.1) is 7.11 Å². The van der Waals surface area contributed by atoms with Crippen LogP contribution in [-0.2, 0) is 5.41 Å². The third-order valence-electron chi connectivity index (χ3n) is 1.71. The fourth-order valence-electron chi connectivity index (χ4n) is 0.980. The highest BCUT2D eigenvalue weighted by Crippen LogP contribution is 2.20. The summed E-state index contributed by atoms with van der Waals surface area (Å²) in [6.45, 7) is 8.20. The number of ether oxygens (including phenoxy) is 1. The Bertz CT molecular complexity index is 302. The largest absolute Gasteiger partial charge is 0.481 e. The zero-order valence-electron chi connectivity index (χ0n) is 8.88. The van der Waals surface area contributed by atoms with Gasteiger partial charge in [-0.25, -0.2) is 4.98 Å². The smallest absolute Gasteiger partial charge is 0.216 e. The molecule has 0 aromatic carbocycles. The van der Waals surface area contributed by atoms with E-state index in [4.69, 9.17) is 4.74 Å². The number of methoxy groups -OCH3 is 1. The maximum Gasteiger partial charge on any atom is 0.216 e. The molecule has 0 atom stereocenters. The third kappa shape index (κ3) is 2.41. The molecule has 0 saturated heterocycles. The van der Waals surface area contributed by atoms with Crippen LogP contribution in [0.5, 0.6) is 5.88 Å². The summed E-state index contributed by atoms with van der Waals surface area (Å²) in [5, 5.41) is 0. The van der Waals surface area contributed by atoms with Crippen molar-refractivity contribution in [2.45, 2.75) is 33.1 Å². The maximum atomic E-state index is 5.08. The van der Waals surface area contributed by atoms with E-state index in [9.17, 15) is 0 Å². The van der Waals surface area contributed by atoms with Crippen molar-refractivity contribution in [2.75, 3.05) is 7.11 Å². The van der Waals surface area contributed by atoms with Crippen LogP contribution in [0.4, 0.5) is 0 Å². The Balaban J connectivity index is 3.16. The zero-order chi connectivity index (χ0) is 10.1. The molecule has 3 nitrogen and oxygen atoms in total. The molecule has 0 fully saturated rings. The molecule has 0 spiro atoms.